The first kappa shape index (κ1) is 13.6. The second-order valence-corrected chi connectivity index (χ2v) is 5.94. The molecule has 1 aromatic rings. The second-order valence-electron chi connectivity index (χ2n) is 5.94. The Kier molecular flexibility index (Phi) is 3.76. The molecule has 4 heteroatoms. The van der Waals surface area contributed by atoms with Gasteiger partial charge in [0.15, 0.2) is 0 Å². The Bertz CT molecular complexity index is 463. The van der Waals surface area contributed by atoms with Gasteiger partial charge in [-0.25, -0.2) is 0 Å². The van der Waals surface area contributed by atoms with Gasteiger partial charge >= 0.3 is 0 Å². The monoisotopic (exact) mass is 274 g/mol. The maximum absolute atomic E-state index is 12.7. The van der Waals surface area contributed by atoms with Gasteiger partial charge in [0, 0.05) is 25.2 Å². The lowest BCUT2D eigenvalue weighted by atomic mass is 9.97. The summed E-state index contributed by atoms with van der Waals surface area (Å²) in [5.74, 6) is -0.345. The third kappa shape index (κ3) is 2.34. The van der Waals surface area contributed by atoms with Crippen molar-refractivity contribution in [3.05, 3.63) is 35.9 Å². The zero-order valence-corrected chi connectivity index (χ0v) is 11.9. The van der Waals surface area contributed by atoms with Crippen LogP contribution in [0.15, 0.2) is 30.3 Å². The van der Waals surface area contributed by atoms with E-state index >= 15 is 0 Å². The highest BCUT2D eigenvalue weighted by Crippen LogP contribution is 2.30. The molecule has 1 N–H and O–H groups in total. The molecule has 2 heterocycles. The Labute approximate surface area is 120 Å². The van der Waals surface area contributed by atoms with E-state index in [4.69, 9.17) is 0 Å². The zero-order chi connectivity index (χ0) is 14.1. The molecule has 0 radical (unpaired) electrons. The SMILES string of the molecule is CN1[C@H]2CC[C@H]1CN(C(=O)[C@H](CO)c1ccccc1)C2. The third-order valence-corrected chi connectivity index (χ3v) is 4.84. The number of benzene rings is 1. The summed E-state index contributed by atoms with van der Waals surface area (Å²) in [6.45, 7) is 1.48. The van der Waals surface area contributed by atoms with Crippen LogP contribution < -0.4 is 0 Å². The summed E-state index contributed by atoms with van der Waals surface area (Å²) in [5, 5.41) is 9.62. The lowest BCUT2D eigenvalue weighted by Crippen LogP contribution is -2.54. The summed E-state index contributed by atoms with van der Waals surface area (Å²) >= 11 is 0. The van der Waals surface area contributed by atoms with Crippen molar-refractivity contribution in [3.63, 3.8) is 0 Å². The Morgan fingerprint density at radius 3 is 2.40 bits per heavy atom. The van der Waals surface area contributed by atoms with E-state index < -0.39 is 5.92 Å². The number of likely N-dealkylation sites (tertiary alicyclic amines) is 1. The molecule has 2 aliphatic heterocycles. The molecule has 3 atom stereocenters. The normalized spacial score (nSPS) is 27.6. The average molecular weight is 274 g/mol. The van der Waals surface area contributed by atoms with E-state index in [1.54, 1.807) is 0 Å². The fourth-order valence-electron chi connectivity index (χ4n) is 3.53. The van der Waals surface area contributed by atoms with E-state index in [-0.39, 0.29) is 12.5 Å². The number of amides is 1. The topological polar surface area (TPSA) is 43.8 Å². The number of nitrogens with zero attached hydrogens (tertiary/aromatic N) is 2. The molecule has 1 amide bonds. The minimum absolute atomic E-state index is 0.0729. The number of likely N-dealkylation sites (N-methyl/N-ethyl adjacent to an activating group) is 1. The molecular weight excluding hydrogens is 252 g/mol. The number of fused-ring (bicyclic) bond motifs is 2. The molecule has 1 aromatic carbocycles. The summed E-state index contributed by atoms with van der Waals surface area (Å²) in [5.41, 5.74) is 0.909. The molecule has 2 aliphatic rings. The van der Waals surface area contributed by atoms with Crippen LogP contribution in [0.3, 0.4) is 0 Å². The summed E-state index contributed by atoms with van der Waals surface area (Å²) in [6.07, 6.45) is 2.36. The minimum Gasteiger partial charge on any atom is -0.395 e. The van der Waals surface area contributed by atoms with Crippen molar-refractivity contribution in [1.29, 1.82) is 0 Å². The number of piperazine rings is 1. The van der Waals surface area contributed by atoms with Crippen LogP contribution in [-0.2, 0) is 4.79 Å². The number of carbonyl (C=O) groups excluding carboxylic acids is 1. The number of hydrogen-bond donors (Lipinski definition) is 1. The summed E-state index contributed by atoms with van der Waals surface area (Å²) < 4.78 is 0. The number of rotatable bonds is 3. The van der Waals surface area contributed by atoms with Crippen LogP contribution in [-0.4, -0.2) is 59.6 Å². The molecule has 0 spiro atoms. The fraction of sp³-hybridized carbons (Fsp3) is 0.562. The van der Waals surface area contributed by atoms with Gasteiger partial charge in [-0.2, -0.15) is 0 Å². The van der Waals surface area contributed by atoms with E-state index in [0.29, 0.717) is 12.1 Å². The number of carbonyl (C=O) groups is 1. The average Bonchev–Trinajstić information content (AvgIpc) is 2.70. The van der Waals surface area contributed by atoms with Crippen molar-refractivity contribution in [2.45, 2.75) is 30.8 Å². The van der Waals surface area contributed by atoms with Crippen LogP contribution in [0.25, 0.3) is 0 Å². The van der Waals surface area contributed by atoms with Gasteiger partial charge in [-0.3, -0.25) is 9.69 Å². The van der Waals surface area contributed by atoms with Crippen LogP contribution in [0, 0.1) is 0 Å². The molecule has 0 aliphatic carbocycles. The van der Waals surface area contributed by atoms with E-state index in [1.165, 1.54) is 12.8 Å². The van der Waals surface area contributed by atoms with Gasteiger partial charge in [-0.05, 0) is 25.5 Å². The smallest absolute Gasteiger partial charge is 0.232 e. The Hall–Kier alpha value is -1.39. The summed E-state index contributed by atoms with van der Waals surface area (Å²) in [4.78, 5) is 17.1. The van der Waals surface area contributed by atoms with E-state index in [1.807, 2.05) is 35.2 Å². The second kappa shape index (κ2) is 5.54. The van der Waals surface area contributed by atoms with Gasteiger partial charge in [-0.1, -0.05) is 30.3 Å². The lowest BCUT2D eigenvalue weighted by Gasteiger charge is -2.40. The quantitative estimate of drug-likeness (QED) is 0.896. The van der Waals surface area contributed by atoms with Gasteiger partial charge in [0.05, 0.1) is 12.5 Å². The zero-order valence-electron chi connectivity index (χ0n) is 11.9. The van der Waals surface area contributed by atoms with Crippen molar-refractivity contribution in [3.8, 4) is 0 Å². The van der Waals surface area contributed by atoms with E-state index in [0.717, 1.165) is 18.7 Å². The van der Waals surface area contributed by atoms with Crippen LogP contribution in [0.1, 0.15) is 24.3 Å². The first-order valence-corrected chi connectivity index (χ1v) is 7.37. The van der Waals surface area contributed by atoms with Gasteiger partial charge in [-0.15, -0.1) is 0 Å². The summed E-state index contributed by atoms with van der Waals surface area (Å²) in [6, 6.07) is 10.6. The Balaban J connectivity index is 1.75. The van der Waals surface area contributed by atoms with Gasteiger partial charge in [0.2, 0.25) is 5.91 Å². The van der Waals surface area contributed by atoms with Crippen molar-refractivity contribution in [2.75, 3.05) is 26.7 Å². The summed E-state index contributed by atoms with van der Waals surface area (Å²) in [7, 11) is 2.16. The van der Waals surface area contributed by atoms with Crippen molar-refractivity contribution < 1.29 is 9.90 Å². The van der Waals surface area contributed by atoms with Crippen molar-refractivity contribution in [1.82, 2.24) is 9.80 Å². The van der Waals surface area contributed by atoms with Crippen LogP contribution in [0.5, 0.6) is 0 Å². The molecule has 3 rings (SSSR count). The third-order valence-electron chi connectivity index (χ3n) is 4.84. The van der Waals surface area contributed by atoms with Gasteiger partial charge in [0.1, 0.15) is 0 Å². The first-order valence-electron chi connectivity index (χ1n) is 7.37. The molecule has 20 heavy (non-hydrogen) atoms. The molecule has 2 bridgehead atoms. The van der Waals surface area contributed by atoms with Crippen LogP contribution in [0.2, 0.25) is 0 Å². The van der Waals surface area contributed by atoms with Crippen molar-refractivity contribution >= 4 is 5.91 Å². The van der Waals surface area contributed by atoms with E-state index in [9.17, 15) is 9.90 Å². The molecule has 2 saturated heterocycles. The standard InChI is InChI=1S/C16H22N2O2/c1-17-13-7-8-14(17)10-18(9-13)16(20)15(11-19)12-5-3-2-4-6-12/h2-6,13-15,19H,7-11H2,1H3/t13-,14-,15+/m0/s1. The van der Waals surface area contributed by atoms with Crippen LogP contribution >= 0.6 is 0 Å². The molecular formula is C16H22N2O2. The Morgan fingerprint density at radius 2 is 1.85 bits per heavy atom. The highest BCUT2D eigenvalue weighted by atomic mass is 16.3. The van der Waals surface area contributed by atoms with Crippen molar-refractivity contribution in [2.24, 2.45) is 0 Å². The lowest BCUT2D eigenvalue weighted by molar-refractivity contribution is -0.136. The predicted molar refractivity (Wildman–Crippen MR) is 77.4 cm³/mol. The maximum Gasteiger partial charge on any atom is 0.232 e. The van der Waals surface area contributed by atoms with Crippen LogP contribution in [0.4, 0.5) is 0 Å². The molecule has 2 fully saturated rings. The van der Waals surface area contributed by atoms with Gasteiger partial charge in [0.25, 0.3) is 0 Å². The Morgan fingerprint density at radius 1 is 1.25 bits per heavy atom. The largest absolute Gasteiger partial charge is 0.395 e. The number of aliphatic hydroxyl groups excluding tert-OH is 1. The highest BCUT2D eigenvalue weighted by Gasteiger charge is 2.40. The fourth-order valence-corrected chi connectivity index (χ4v) is 3.53. The number of hydrogen-bond acceptors (Lipinski definition) is 3. The molecule has 0 unspecified atom stereocenters. The van der Waals surface area contributed by atoms with E-state index in [2.05, 4.69) is 11.9 Å². The minimum atomic E-state index is -0.418. The molecule has 4 nitrogen and oxygen atoms in total. The number of aliphatic hydroxyl groups is 1. The molecule has 108 valence electrons. The van der Waals surface area contributed by atoms with Gasteiger partial charge < -0.3 is 10.0 Å². The highest BCUT2D eigenvalue weighted by molar-refractivity contribution is 5.84. The maximum atomic E-state index is 12.7. The molecule has 0 aromatic heterocycles. The first-order chi connectivity index (χ1) is 9.70. The molecule has 0 saturated carbocycles. The predicted octanol–water partition coefficient (Wildman–Crippen LogP) is 1.07.